The van der Waals surface area contributed by atoms with Crippen LogP contribution in [-0.2, 0) is 16.1 Å². The second-order valence-electron chi connectivity index (χ2n) is 5.90. The molecule has 1 fully saturated rings. The molecule has 1 aliphatic rings. The van der Waals surface area contributed by atoms with E-state index in [-0.39, 0.29) is 12.5 Å². The summed E-state index contributed by atoms with van der Waals surface area (Å²) < 4.78 is 10.2. The van der Waals surface area contributed by atoms with Crippen molar-refractivity contribution in [3.05, 3.63) is 42.3 Å². The van der Waals surface area contributed by atoms with E-state index in [9.17, 15) is 9.59 Å². The summed E-state index contributed by atoms with van der Waals surface area (Å²) in [5.74, 6) is 0.313. The Hall–Kier alpha value is -2.83. The summed E-state index contributed by atoms with van der Waals surface area (Å²) in [6.45, 7) is 0.785. The van der Waals surface area contributed by atoms with Gasteiger partial charge in [0.25, 0.3) is 0 Å². The average molecular weight is 343 g/mol. The molecule has 1 aromatic heterocycles. The number of carbonyl (C=O) groups excluding carboxylic acids is 2. The Balaban J connectivity index is 1.60. The maximum Gasteiger partial charge on any atom is 0.410 e. The fraction of sp³-hybridized carbons (Fsp3) is 0.389. The number of carbonyl (C=O) groups is 2. The van der Waals surface area contributed by atoms with Crippen molar-refractivity contribution in [2.45, 2.75) is 31.8 Å². The number of nitrogens with zero attached hydrogens (tertiary/aromatic N) is 2. The summed E-state index contributed by atoms with van der Waals surface area (Å²) in [4.78, 5) is 30.1. The van der Waals surface area contributed by atoms with Crippen LogP contribution in [0, 0.1) is 0 Å². The molecule has 1 N–H and O–H groups in total. The molecule has 3 rings (SSSR count). The van der Waals surface area contributed by atoms with Crippen LogP contribution in [0.1, 0.15) is 25.0 Å². The SMILES string of the molecule is COC(=O)N1CCCCC1C(=O)NCc1coc(-c2ccccc2)n1. The summed E-state index contributed by atoms with van der Waals surface area (Å²) in [6.07, 6.45) is 3.49. The minimum absolute atomic E-state index is 0.200. The Morgan fingerprint density at radius 1 is 1.32 bits per heavy atom. The second-order valence-corrected chi connectivity index (χ2v) is 5.90. The Labute approximate surface area is 146 Å². The topological polar surface area (TPSA) is 84.7 Å². The Kier molecular flexibility index (Phi) is 5.33. The summed E-state index contributed by atoms with van der Waals surface area (Å²) >= 11 is 0. The van der Waals surface area contributed by atoms with E-state index < -0.39 is 12.1 Å². The van der Waals surface area contributed by atoms with Crippen LogP contribution in [0.5, 0.6) is 0 Å². The van der Waals surface area contributed by atoms with Gasteiger partial charge in [0.15, 0.2) is 0 Å². The van der Waals surface area contributed by atoms with E-state index in [2.05, 4.69) is 10.3 Å². The first kappa shape index (κ1) is 17.0. The molecule has 2 heterocycles. The fourth-order valence-corrected chi connectivity index (χ4v) is 2.94. The van der Waals surface area contributed by atoms with Crippen molar-refractivity contribution in [1.29, 1.82) is 0 Å². The molecule has 0 spiro atoms. The van der Waals surface area contributed by atoms with Crippen LogP contribution in [0.2, 0.25) is 0 Å². The van der Waals surface area contributed by atoms with Crippen LogP contribution >= 0.6 is 0 Å². The lowest BCUT2D eigenvalue weighted by Crippen LogP contribution is -2.51. The van der Waals surface area contributed by atoms with Crippen molar-refractivity contribution < 1.29 is 18.7 Å². The summed E-state index contributed by atoms with van der Waals surface area (Å²) in [5.41, 5.74) is 1.51. The molecule has 1 atom stereocenters. The van der Waals surface area contributed by atoms with Crippen LogP contribution in [0.4, 0.5) is 4.79 Å². The molecular weight excluding hydrogens is 322 g/mol. The molecule has 1 unspecified atom stereocenters. The lowest BCUT2D eigenvalue weighted by molar-refractivity contribution is -0.127. The molecule has 25 heavy (non-hydrogen) atoms. The highest BCUT2D eigenvalue weighted by Crippen LogP contribution is 2.19. The van der Waals surface area contributed by atoms with Gasteiger partial charge in [-0.15, -0.1) is 0 Å². The van der Waals surface area contributed by atoms with Crippen LogP contribution in [-0.4, -0.2) is 41.6 Å². The van der Waals surface area contributed by atoms with E-state index in [1.807, 2.05) is 30.3 Å². The van der Waals surface area contributed by atoms with Crippen molar-refractivity contribution in [3.63, 3.8) is 0 Å². The first-order chi connectivity index (χ1) is 12.2. The number of benzene rings is 1. The Morgan fingerprint density at radius 3 is 2.88 bits per heavy atom. The van der Waals surface area contributed by atoms with Gasteiger partial charge in [-0.05, 0) is 31.4 Å². The first-order valence-corrected chi connectivity index (χ1v) is 8.31. The fourth-order valence-electron chi connectivity index (χ4n) is 2.94. The van der Waals surface area contributed by atoms with Crippen molar-refractivity contribution in [3.8, 4) is 11.5 Å². The lowest BCUT2D eigenvalue weighted by Gasteiger charge is -2.33. The van der Waals surface area contributed by atoms with Gasteiger partial charge in [-0.1, -0.05) is 18.2 Å². The van der Waals surface area contributed by atoms with Crippen molar-refractivity contribution >= 4 is 12.0 Å². The number of aromatic nitrogens is 1. The normalized spacial score (nSPS) is 17.2. The van der Waals surface area contributed by atoms with Gasteiger partial charge in [0.1, 0.15) is 12.3 Å². The second kappa shape index (κ2) is 7.83. The van der Waals surface area contributed by atoms with E-state index in [1.165, 1.54) is 18.3 Å². The monoisotopic (exact) mass is 343 g/mol. The van der Waals surface area contributed by atoms with E-state index in [4.69, 9.17) is 9.15 Å². The Bertz CT molecular complexity index is 729. The smallest absolute Gasteiger partial charge is 0.410 e. The quantitative estimate of drug-likeness (QED) is 0.922. The van der Waals surface area contributed by atoms with Gasteiger partial charge in [-0.3, -0.25) is 9.69 Å². The number of hydrogen-bond donors (Lipinski definition) is 1. The predicted octanol–water partition coefficient (Wildman–Crippen LogP) is 2.58. The zero-order chi connectivity index (χ0) is 17.6. The molecular formula is C18H21N3O4. The molecule has 2 aromatic rings. The highest BCUT2D eigenvalue weighted by Gasteiger charge is 2.32. The van der Waals surface area contributed by atoms with E-state index in [0.717, 1.165) is 18.4 Å². The number of nitrogens with one attached hydrogen (secondary N) is 1. The van der Waals surface area contributed by atoms with Crippen LogP contribution in [0.15, 0.2) is 41.0 Å². The molecule has 0 saturated carbocycles. The van der Waals surface area contributed by atoms with Crippen LogP contribution in [0.3, 0.4) is 0 Å². The molecule has 132 valence electrons. The third-order valence-electron chi connectivity index (χ3n) is 4.23. The average Bonchev–Trinajstić information content (AvgIpc) is 3.15. The van der Waals surface area contributed by atoms with Gasteiger partial charge in [0, 0.05) is 12.1 Å². The van der Waals surface area contributed by atoms with Crippen molar-refractivity contribution in [2.24, 2.45) is 0 Å². The molecule has 2 amide bonds. The van der Waals surface area contributed by atoms with E-state index in [0.29, 0.717) is 24.6 Å². The number of hydrogen-bond acceptors (Lipinski definition) is 5. The number of rotatable bonds is 4. The maximum absolute atomic E-state index is 12.5. The zero-order valence-electron chi connectivity index (χ0n) is 14.1. The molecule has 0 aliphatic carbocycles. The molecule has 7 heteroatoms. The van der Waals surface area contributed by atoms with Crippen LogP contribution in [0.25, 0.3) is 11.5 Å². The minimum Gasteiger partial charge on any atom is -0.453 e. The van der Waals surface area contributed by atoms with Crippen molar-refractivity contribution in [2.75, 3.05) is 13.7 Å². The highest BCUT2D eigenvalue weighted by molar-refractivity contribution is 5.85. The van der Waals surface area contributed by atoms with Gasteiger partial charge < -0.3 is 14.5 Å². The highest BCUT2D eigenvalue weighted by atomic mass is 16.5. The van der Waals surface area contributed by atoms with Gasteiger partial charge >= 0.3 is 6.09 Å². The van der Waals surface area contributed by atoms with Gasteiger partial charge in [-0.2, -0.15) is 0 Å². The van der Waals surface area contributed by atoms with Gasteiger partial charge in [-0.25, -0.2) is 9.78 Å². The standard InChI is InChI=1S/C18H21N3O4/c1-24-18(23)21-10-6-5-9-15(21)16(22)19-11-14-12-25-17(20-14)13-7-3-2-4-8-13/h2-4,7-8,12,15H,5-6,9-11H2,1H3,(H,19,22). The summed E-state index contributed by atoms with van der Waals surface area (Å²) in [5, 5.41) is 2.83. The van der Waals surface area contributed by atoms with E-state index in [1.54, 1.807) is 0 Å². The molecule has 7 nitrogen and oxygen atoms in total. The molecule has 1 saturated heterocycles. The molecule has 0 bridgehead atoms. The van der Waals surface area contributed by atoms with Gasteiger partial charge in [0.2, 0.25) is 11.8 Å². The summed E-state index contributed by atoms with van der Waals surface area (Å²) in [7, 11) is 1.33. The number of likely N-dealkylation sites (tertiary alicyclic amines) is 1. The van der Waals surface area contributed by atoms with E-state index >= 15 is 0 Å². The molecule has 1 aliphatic heterocycles. The minimum atomic E-state index is -0.498. The van der Waals surface area contributed by atoms with Crippen molar-refractivity contribution in [1.82, 2.24) is 15.2 Å². The zero-order valence-corrected chi connectivity index (χ0v) is 14.1. The lowest BCUT2D eigenvalue weighted by atomic mass is 10.0. The van der Waals surface area contributed by atoms with Gasteiger partial charge in [0.05, 0.1) is 19.3 Å². The largest absolute Gasteiger partial charge is 0.453 e. The first-order valence-electron chi connectivity index (χ1n) is 8.31. The molecule has 1 aromatic carbocycles. The number of amides is 2. The molecule has 0 radical (unpaired) electrons. The van der Waals surface area contributed by atoms with Crippen LogP contribution < -0.4 is 5.32 Å². The third kappa shape index (κ3) is 3.99. The number of methoxy groups -OCH3 is 1. The number of ether oxygens (including phenoxy) is 1. The number of oxazole rings is 1. The number of piperidine rings is 1. The Morgan fingerprint density at radius 2 is 2.12 bits per heavy atom. The predicted molar refractivity (Wildman–Crippen MR) is 90.5 cm³/mol. The third-order valence-corrected chi connectivity index (χ3v) is 4.23. The summed E-state index contributed by atoms with van der Waals surface area (Å²) in [6, 6.07) is 9.05. The maximum atomic E-state index is 12.5.